The van der Waals surface area contributed by atoms with Gasteiger partial charge in [0.2, 0.25) is 5.91 Å². The van der Waals surface area contributed by atoms with E-state index in [0.717, 1.165) is 12.8 Å². The number of anilines is 2. The molecule has 0 atom stereocenters. The topological polar surface area (TPSA) is 81.4 Å². The first-order chi connectivity index (χ1) is 12.6. The molecule has 5 nitrogen and oxygen atoms in total. The van der Waals surface area contributed by atoms with Crippen LogP contribution in [0, 0.1) is 0 Å². The van der Waals surface area contributed by atoms with Gasteiger partial charge in [0.05, 0.1) is 12.8 Å². The Hall–Kier alpha value is -2.82. The average molecular weight is 352 g/mol. The first kappa shape index (κ1) is 18.0. The molecule has 2 aromatic rings. The highest BCUT2D eigenvalue weighted by Gasteiger charge is 2.14. The van der Waals surface area contributed by atoms with E-state index < -0.39 is 0 Å². The minimum atomic E-state index is -0.208. The SMILES string of the molecule is COc1ccc(NC(=O)CCC(=O)c2ccc3c(c2)CCCC3)cc1N. The first-order valence-electron chi connectivity index (χ1n) is 8.95. The highest BCUT2D eigenvalue weighted by atomic mass is 16.5. The van der Waals surface area contributed by atoms with Gasteiger partial charge in [-0.05, 0) is 61.1 Å². The standard InChI is InChI=1S/C21H24N2O3/c1-26-20-10-8-17(13-18(20)22)23-21(25)11-9-19(24)16-7-6-14-4-2-3-5-15(14)12-16/h6-8,10,12-13H,2-5,9,11,22H2,1H3,(H,23,25). The number of nitrogen functional groups attached to an aromatic ring is 1. The van der Waals surface area contributed by atoms with Crippen LogP contribution in [0.15, 0.2) is 36.4 Å². The van der Waals surface area contributed by atoms with Gasteiger partial charge in [0, 0.05) is 24.1 Å². The largest absolute Gasteiger partial charge is 0.495 e. The maximum atomic E-state index is 12.4. The van der Waals surface area contributed by atoms with Gasteiger partial charge in [-0.15, -0.1) is 0 Å². The van der Waals surface area contributed by atoms with Gasteiger partial charge in [-0.3, -0.25) is 9.59 Å². The Bertz CT molecular complexity index is 830. The zero-order chi connectivity index (χ0) is 18.5. The third kappa shape index (κ3) is 4.23. The molecule has 0 heterocycles. The van der Waals surface area contributed by atoms with E-state index in [9.17, 15) is 9.59 Å². The number of benzene rings is 2. The Kier molecular flexibility index (Phi) is 5.56. The summed E-state index contributed by atoms with van der Waals surface area (Å²) < 4.78 is 5.09. The van der Waals surface area contributed by atoms with Crippen LogP contribution in [-0.2, 0) is 17.6 Å². The molecular weight excluding hydrogens is 328 g/mol. The third-order valence-electron chi connectivity index (χ3n) is 4.76. The van der Waals surface area contributed by atoms with Crippen molar-refractivity contribution in [2.45, 2.75) is 38.5 Å². The second kappa shape index (κ2) is 8.04. The molecule has 0 aliphatic heterocycles. The van der Waals surface area contributed by atoms with Gasteiger partial charge in [0.25, 0.3) is 0 Å². The van der Waals surface area contributed by atoms with Crippen molar-refractivity contribution in [1.29, 1.82) is 0 Å². The van der Waals surface area contributed by atoms with Crippen LogP contribution in [0.5, 0.6) is 5.75 Å². The van der Waals surface area contributed by atoms with Gasteiger partial charge in [0.15, 0.2) is 5.78 Å². The number of Topliss-reactive ketones (excluding diaryl/α,β-unsaturated/α-hetero) is 1. The highest BCUT2D eigenvalue weighted by molar-refractivity contribution is 6.00. The van der Waals surface area contributed by atoms with Crippen LogP contribution in [0.25, 0.3) is 0 Å². The Morgan fingerprint density at radius 2 is 1.81 bits per heavy atom. The molecule has 0 saturated carbocycles. The van der Waals surface area contributed by atoms with E-state index in [-0.39, 0.29) is 24.5 Å². The number of ether oxygens (including phenoxy) is 1. The summed E-state index contributed by atoms with van der Waals surface area (Å²) in [6.07, 6.45) is 4.86. The van der Waals surface area contributed by atoms with Crippen LogP contribution in [-0.4, -0.2) is 18.8 Å². The van der Waals surface area contributed by atoms with Crippen molar-refractivity contribution in [3.05, 3.63) is 53.1 Å². The molecule has 2 aromatic carbocycles. The summed E-state index contributed by atoms with van der Waals surface area (Å²) >= 11 is 0. The molecule has 0 spiro atoms. The van der Waals surface area contributed by atoms with E-state index in [1.807, 2.05) is 12.1 Å². The zero-order valence-electron chi connectivity index (χ0n) is 15.0. The second-order valence-electron chi connectivity index (χ2n) is 6.62. The van der Waals surface area contributed by atoms with E-state index >= 15 is 0 Å². The molecule has 5 heteroatoms. The van der Waals surface area contributed by atoms with Crippen molar-refractivity contribution in [3.63, 3.8) is 0 Å². The van der Waals surface area contributed by atoms with Gasteiger partial charge >= 0.3 is 0 Å². The predicted octanol–water partition coefficient (Wildman–Crippen LogP) is 3.76. The van der Waals surface area contributed by atoms with Crippen LogP contribution in [0.3, 0.4) is 0 Å². The van der Waals surface area contributed by atoms with Crippen molar-refractivity contribution in [2.24, 2.45) is 0 Å². The van der Waals surface area contributed by atoms with Crippen LogP contribution in [0.4, 0.5) is 11.4 Å². The lowest BCUT2D eigenvalue weighted by atomic mass is 9.89. The number of nitrogens with two attached hydrogens (primary N) is 1. The fraction of sp³-hybridized carbons (Fsp3) is 0.333. The number of carbonyl (C=O) groups is 2. The number of methoxy groups -OCH3 is 1. The van der Waals surface area contributed by atoms with Crippen LogP contribution < -0.4 is 15.8 Å². The van der Waals surface area contributed by atoms with Crippen molar-refractivity contribution in [2.75, 3.05) is 18.2 Å². The third-order valence-corrected chi connectivity index (χ3v) is 4.76. The molecule has 1 amide bonds. The van der Waals surface area contributed by atoms with Gasteiger partial charge in [-0.1, -0.05) is 12.1 Å². The molecule has 0 radical (unpaired) electrons. The summed E-state index contributed by atoms with van der Waals surface area (Å²) in [5.41, 5.74) is 10.2. The summed E-state index contributed by atoms with van der Waals surface area (Å²) in [4.78, 5) is 24.5. The summed E-state index contributed by atoms with van der Waals surface area (Å²) in [6.45, 7) is 0. The van der Waals surface area contributed by atoms with Crippen molar-refractivity contribution in [1.82, 2.24) is 0 Å². The van der Waals surface area contributed by atoms with E-state index in [1.165, 1.54) is 31.1 Å². The van der Waals surface area contributed by atoms with Gasteiger partial charge < -0.3 is 15.8 Å². The van der Waals surface area contributed by atoms with Crippen LogP contribution in [0.1, 0.15) is 47.2 Å². The molecule has 1 aliphatic rings. The lowest BCUT2D eigenvalue weighted by molar-refractivity contribution is -0.116. The molecule has 136 valence electrons. The monoisotopic (exact) mass is 352 g/mol. The summed E-state index contributed by atoms with van der Waals surface area (Å²) in [6, 6.07) is 11.0. The molecule has 26 heavy (non-hydrogen) atoms. The average Bonchev–Trinajstić information content (AvgIpc) is 2.66. The Morgan fingerprint density at radius 3 is 2.54 bits per heavy atom. The number of carbonyl (C=O) groups excluding carboxylic acids is 2. The smallest absolute Gasteiger partial charge is 0.224 e. The minimum Gasteiger partial charge on any atom is -0.495 e. The molecule has 0 bridgehead atoms. The minimum absolute atomic E-state index is 0.00256. The van der Waals surface area contributed by atoms with Gasteiger partial charge in [0.1, 0.15) is 5.75 Å². The Labute approximate surface area is 153 Å². The number of rotatable bonds is 6. The van der Waals surface area contributed by atoms with Crippen molar-refractivity contribution in [3.8, 4) is 5.75 Å². The fourth-order valence-electron chi connectivity index (χ4n) is 3.31. The number of ketones is 1. The van der Waals surface area contributed by atoms with Crippen LogP contribution in [0.2, 0.25) is 0 Å². The second-order valence-corrected chi connectivity index (χ2v) is 6.62. The molecule has 0 aromatic heterocycles. The maximum absolute atomic E-state index is 12.4. The Morgan fingerprint density at radius 1 is 1.04 bits per heavy atom. The first-order valence-corrected chi connectivity index (χ1v) is 8.95. The maximum Gasteiger partial charge on any atom is 0.224 e. The highest BCUT2D eigenvalue weighted by Crippen LogP contribution is 2.25. The number of aryl methyl sites for hydroxylation is 2. The zero-order valence-corrected chi connectivity index (χ0v) is 15.0. The fourth-order valence-corrected chi connectivity index (χ4v) is 3.31. The molecule has 3 N–H and O–H groups in total. The lowest BCUT2D eigenvalue weighted by Crippen LogP contribution is -2.14. The van der Waals surface area contributed by atoms with Gasteiger partial charge in [-0.25, -0.2) is 0 Å². The summed E-state index contributed by atoms with van der Waals surface area (Å²) in [5, 5.41) is 2.76. The van der Waals surface area contributed by atoms with E-state index in [4.69, 9.17) is 10.5 Å². The lowest BCUT2D eigenvalue weighted by Gasteiger charge is -2.16. The molecule has 0 fully saturated rings. The molecule has 1 aliphatic carbocycles. The number of amides is 1. The van der Waals surface area contributed by atoms with Gasteiger partial charge in [-0.2, -0.15) is 0 Å². The molecule has 0 saturated heterocycles. The normalized spacial score (nSPS) is 13.0. The van der Waals surface area contributed by atoms with Crippen molar-refractivity contribution >= 4 is 23.1 Å². The van der Waals surface area contributed by atoms with E-state index in [2.05, 4.69) is 11.4 Å². The van der Waals surface area contributed by atoms with Crippen molar-refractivity contribution < 1.29 is 14.3 Å². The number of fused-ring (bicyclic) bond motifs is 1. The summed E-state index contributed by atoms with van der Waals surface area (Å²) in [7, 11) is 1.54. The predicted molar refractivity (Wildman–Crippen MR) is 103 cm³/mol. The molecule has 3 rings (SSSR count). The molecule has 0 unspecified atom stereocenters. The van der Waals surface area contributed by atoms with Crippen LogP contribution >= 0.6 is 0 Å². The molecular formula is C21H24N2O3. The quantitative estimate of drug-likeness (QED) is 0.613. The number of hydrogen-bond acceptors (Lipinski definition) is 4. The number of hydrogen-bond donors (Lipinski definition) is 2. The number of nitrogens with one attached hydrogen (secondary N) is 1. The van der Waals surface area contributed by atoms with E-state index in [1.54, 1.807) is 18.2 Å². The Balaban J connectivity index is 1.55. The summed E-state index contributed by atoms with van der Waals surface area (Å²) in [5.74, 6) is 0.356. The van der Waals surface area contributed by atoms with E-state index in [0.29, 0.717) is 22.7 Å².